The first-order valence-corrected chi connectivity index (χ1v) is 10.9. The molecule has 0 saturated heterocycles. The van der Waals surface area contributed by atoms with Crippen molar-refractivity contribution in [2.75, 3.05) is 6.61 Å². The summed E-state index contributed by atoms with van der Waals surface area (Å²) in [7, 11) is 0. The van der Waals surface area contributed by atoms with Gasteiger partial charge in [0, 0.05) is 5.56 Å². The molecule has 0 amide bonds. The summed E-state index contributed by atoms with van der Waals surface area (Å²) < 4.78 is 49.4. The van der Waals surface area contributed by atoms with Crippen molar-refractivity contribution in [2.45, 2.75) is 12.7 Å². The Balaban J connectivity index is 1.52. The number of para-hydroxylation sites is 1. The Hall–Kier alpha value is -4.87. The van der Waals surface area contributed by atoms with Crippen LogP contribution in [0.25, 0.3) is 33.5 Å². The molecule has 37 heavy (non-hydrogen) atoms. The Morgan fingerprint density at radius 1 is 1.00 bits per heavy atom. The third-order valence-corrected chi connectivity index (χ3v) is 5.55. The molecular formula is C25H17F3N4O5. The van der Waals surface area contributed by atoms with Crippen LogP contribution in [0.2, 0.25) is 0 Å². The molecule has 0 bridgehead atoms. The van der Waals surface area contributed by atoms with E-state index in [4.69, 9.17) is 4.74 Å². The topological polar surface area (TPSA) is 123 Å². The van der Waals surface area contributed by atoms with E-state index in [0.29, 0.717) is 11.1 Å². The van der Waals surface area contributed by atoms with Crippen LogP contribution in [0.4, 0.5) is 13.2 Å². The minimum atomic E-state index is -4.60. The summed E-state index contributed by atoms with van der Waals surface area (Å²) in [5.74, 6) is -1.73. The van der Waals surface area contributed by atoms with Crippen molar-refractivity contribution in [1.82, 2.24) is 19.7 Å². The zero-order valence-electron chi connectivity index (χ0n) is 18.8. The maximum absolute atomic E-state index is 12.8. The first-order chi connectivity index (χ1) is 17.7. The molecule has 2 aromatic heterocycles. The van der Waals surface area contributed by atoms with Gasteiger partial charge in [-0.15, -0.1) is 0 Å². The number of carbonyl (C=O) groups is 1. The molecule has 0 atom stereocenters. The maximum Gasteiger partial charge on any atom is 0.460 e. The van der Waals surface area contributed by atoms with Gasteiger partial charge >= 0.3 is 17.9 Å². The smallest absolute Gasteiger partial charge is 0.460 e. The molecule has 2 heterocycles. The van der Waals surface area contributed by atoms with E-state index in [2.05, 4.69) is 19.6 Å². The molecule has 0 aliphatic heterocycles. The van der Waals surface area contributed by atoms with E-state index in [1.807, 2.05) is 12.1 Å². The van der Waals surface area contributed by atoms with Crippen LogP contribution >= 0.6 is 0 Å². The number of imidazole rings is 1. The van der Waals surface area contributed by atoms with Crippen LogP contribution in [0, 0.1) is 0 Å². The molecule has 3 aromatic carbocycles. The number of carboxylic acids is 1. The van der Waals surface area contributed by atoms with Crippen LogP contribution in [0.5, 0.6) is 6.01 Å². The summed E-state index contributed by atoms with van der Waals surface area (Å²) in [6.45, 7) is -1.56. The zero-order valence-corrected chi connectivity index (χ0v) is 18.8. The third-order valence-electron chi connectivity index (χ3n) is 5.55. The van der Waals surface area contributed by atoms with Gasteiger partial charge in [0.25, 0.3) is 6.01 Å². The summed E-state index contributed by atoms with van der Waals surface area (Å²) in [6, 6.07) is 18.3. The predicted molar refractivity (Wildman–Crippen MR) is 125 cm³/mol. The number of fused-ring (bicyclic) bond motifs is 1. The number of aromatic carboxylic acids is 1. The van der Waals surface area contributed by atoms with E-state index in [0.717, 1.165) is 11.1 Å². The molecule has 0 radical (unpaired) electrons. The minimum absolute atomic E-state index is 0.00646. The second kappa shape index (κ2) is 9.30. The first kappa shape index (κ1) is 23.9. The molecule has 0 saturated carbocycles. The summed E-state index contributed by atoms with van der Waals surface area (Å²) >= 11 is 0. The number of ether oxygens (including phenoxy) is 1. The highest BCUT2D eigenvalue weighted by atomic mass is 19.4. The molecule has 0 fully saturated rings. The molecule has 9 nitrogen and oxygen atoms in total. The summed E-state index contributed by atoms with van der Waals surface area (Å²) in [5.41, 5.74) is 3.07. The van der Waals surface area contributed by atoms with E-state index >= 15 is 0 Å². The van der Waals surface area contributed by atoms with Gasteiger partial charge in [-0.3, -0.25) is 4.57 Å². The van der Waals surface area contributed by atoms with Crippen LogP contribution in [0.3, 0.4) is 0 Å². The van der Waals surface area contributed by atoms with Crippen LogP contribution < -0.4 is 10.5 Å². The summed E-state index contributed by atoms with van der Waals surface area (Å²) in [5, 5.41) is 12.1. The Labute approximate surface area is 205 Å². The molecule has 5 aromatic rings. The number of nitrogens with zero attached hydrogens (tertiary/aromatic N) is 3. The molecule has 0 spiro atoms. The van der Waals surface area contributed by atoms with Gasteiger partial charge in [0.2, 0.25) is 0 Å². The Morgan fingerprint density at radius 2 is 1.73 bits per heavy atom. The van der Waals surface area contributed by atoms with Crippen molar-refractivity contribution in [3.8, 4) is 28.5 Å². The fourth-order valence-corrected chi connectivity index (χ4v) is 4.00. The maximum atomic E-state index is 12.8. The highest BCUT2D eigenvalue weighted by Gasteiger charge is 2.30. The summed E-state index contributed by atoms with van der Waals surface area (Å²) in [4.78, 5) is 31.1. The van der Waals surface area contributed by atoms with E-state index in [1.54, 1.807) is 36.4 Å². The number of aromatic amines is 1. The van der Waals surface area contributed by atoms with Gasteiger partial charge in [0.1, 0.15) is 0 Å². The van der Waals surface area contributed by atoms with Gasteiger partial charge in [-0.2, -0.15) is 28.3 Å². The number of hydrogen-bond acceptors (Lipinski definition) is 6. The fraction of sp³-hybridized carbons (Fsp3) is 0.120. The van der Waals surface area contributed by atoms with Gasteiger partial charge in [-0.05, 0) is 28.8 Å². The van der Waals surface area contributed by atoms with E-state index in [-0.39, 0.29) is 35.0 Å². The van der Waals surface area contributed by atoms with Gasteiger partial charge in [0.15, 0.2) is 12.4 Å². The van der Waals surface area contributed by atoms with E-state index < -0.39 is 24.5 Å². The second-order valence-electron chi connectivity index (χ2n) is 8.04. The van der Waals surface area contributed by atoms with Gasteiger partial charge in [-0.1, -0.05) is 54.6 Å². The van der Waals surface area contributed by atoms with Crippen LogP contribution in [0.15, 0.2) is 76.0 Å². The van der Waals surface area contributed by atoms with Crippen molar-refractivity contribution in [3.05, 3.63) is 88.4 Å². The highest BCUT2D eigenvalue weighted by Crippen LogP contribution is 2.31. The number of hydrogen-bond donors (Lipinski definition) is 2. The lowest BCUT2D eigenvalue weighted by atomic mass is 9.98. The van der Waals surface area contributed by atoms with Crippen LogP contribution in [-0.4, -0.2) is 43.6 Å². The highest BCUT2D eigenvalue weighted by molar-refractivity contribution is 6.01. The number of alkyl halides is 3. The molecule has 188 valence electrons. The van der Waals surface area contributed by atoms with Gasteiger partial charge in [0.05, 0.1) is 23.1 Å². The number of rotatable bonds is 7. The average Bonchev–Trinajstić information content (AvgIpc) is 3.46. The standard InChI is InChI=1S/C25H17F3N4O5/c26-25(27,28)13-36-23-29-19-7-3-6-18(22(33)34)20(19)32(23)12-14-8-10-15(11-9-14)16-4-1-2-5-17(16)21-30-24(35)37-31-21/h1-11H,12-13H2,(H,33,34)(H,30,31,35). The fourth-order valence-electron chi connectivity index (χ4n) is 4.00. The minimum Gasteiger partial charge on any atom is -0.478 e. The molecule has 2 N–H and O–H groups in total. The molecule has 0 aliphatic carbocycles. The normalized spacial score (nSPS) is 11.6. The Morgan fingerprint density at radius 3 is 2.38 bits per heavy atom. The largest absolute Gasteiger partial charge is 0.478 e. The van der Waals surface area contributed by atoms with Gasteiger partial charge in [-0.25, -0.2) is 9.59 Å². The molecule has 0 aliphatic rings. The zero-order chi connectivity index (χ0) is 26.2. The number of benzene rings is 3. The lowest BCUT2D eigenvalue weighted by molar-refractivity contribution is -0.155. The summed E-state index contributed by atoms with van der Waals surface area (Å²) in [6.07, 6.45) is -4.60. The van der Waals surface area contributed by atoms with Crippen LogP contribution in [-0.2, 0) is 6.54 Å². The number of aromatic nitrogens is 4. The lowest BCUT2D eigenvalue weighted by Crippen LogP contribution is -2.21. The van der Waals surface area contributed by atoms with Crippen molar-refractivity contribution >= 4 is 17.0 Å². The second-order valence-corrected chi connectivity index (χ2v) is 8.04. The number of carboxylic acid groups (broad SMARTS) is 1. The van der Waals surface area contributed by atoms with E-state index in [1.165, 1.54) is 22.8 Å². The first-order valence-electron chi connectivity index (χ1n) is 10.9. The quantitative estimate of drug-likeness (QED) is 0.324. The SMILES string of the molecule is O=C(O)c1cccc2nc(OCC(F)(F)F)n(Cc3ccc(-c4ccccc4-c4nc(=O)o[nH]4)cc3)c12. The predicted octanol–water partition coefficient (Wildman–Crippen LogP) is 4.73. The number of halogens is 3. The average molecular weight is 510 g/mol. The van der Waals surface area contributed by atoms with Crippen LogP contribution in [0.1, 0.15) is 15.9 Å². The van der Waals surface area contributed by atoms with Crippen molar-refractivity contribution in [1.29, 1.82) is 0 Å². The molecule has 0 unspecified atom stereocenters. The number of nitrogens with one attached hydrogen (secondary N) is 1. The molecular weight excluding hydrogens is 493 g/mol. The lowest BCUT2D eigenvalue weighted by Gasteiger charge is -2.13. The van der Waals surface area contributed by atoms with Gasteiger partial charge < -0.3 is 14.4 Å². The van der Waals surface area contributed by atoms with Crippen molar-refractivity contribution in [3.63, 3.8) is 0 Å². The molecule has 5 rings (SSSR count). The molecule has 12 heteroatoms. The number of H-pyrrole nitrogens is 1. The Bertz CT molecular complexity index is 1650. The third kappa shape index (κ3) is 4.94. The Kier molecular flexibility index (Phi) is 5.99. The monoisotopic (exact) mass is 510 g/mol. The van der Waals surface area contributed by atoms with Crippen molar-refractivity contribution in [2.24, 2.45) is 0 Å². The van der Waals surface area contributed by atoms with E-state index in [9.17, 15) is 27.9 Å². The van der Waals surface area contributed by atoms with Crippen molar-refractivity contribution < 1.29 is 32.3 Å².